The standard InChI is InChI=1S/C23H28N4O4/c1-16(2)25-21(28)13-22(29)27-24-14-18-9-11-20(12-10-18)31-15-23(30)26-17(3)19-7-5-4-6-8-19/h4-12,14,16-17H,13,15H2,1-3H3,(H,25,28)(H,26,30)(H,27,29)/b24-14+/t17-/m1/s1. The van der Waals surface area contributed by atoms with Crippen LogP contribution in [0.3, 0.4) is 0 Å². The molecule has 2 rings (SSSR count). The summed E-state index contributed by atoms with van der Waals surface area (Å²) < 4.78 is 5.51. The quantitative estimate of drug-likeness (QED) is 0.309. The number of nitrogens with zero attached hydrogens (tertiary/aromatic N) is 1. The molecule has 0 unspecified atom stereocenters. The minimum atomic E-state index is -0.495. The normalized spacial score (nSPS) is 11.7. The van der Waals surface area contributed by atoms with E-state index in [4.69, 9.17) is 4.74 Å². The summed E-state index contributed by atoms with van der Waals surface area (Å²) >= 11 is 0. The van der Waals surface area contributed by atoms with Gasteiger partial charge in [-0.25, -0.2) is 5.43 Å². The molecule has 0 aliphatic carbocycles. The molecule has 164 valence electrons. The number of hydrogen-bond donors (Lipinski definition) is 3. The highest BCUT2D eigenvalue weighted by Gasteiger charge is 2.10. The molecule has 31 heavy (non-hydrogen) atoms. The molecule has 1 atom stereocenters. The van der Waals surface area contributed by atoms with E-state index in [9.17, 15) is 14.4 Å². The second-order valence-corrected chi connectivity index (χ2v) is 7.25. The van der Waals surface area contributed by atoms with Crippen LogP contribution in [0.15, 0.2) is 59.7 Å². The molecule has 0 spiro atoms. The Hall–Kier alpha value is -3.68. The summed E-state index contributed by atoms with van der Waals surface area (Å²) in [6.45, 7) is 5.45. The van der Waals surface area contributed by atoms with Crippen LogP contribution >= 0.6 is 0 Å². The minimum absolute atomic E-state index is 0.0251. The fraction of sp³-hybridized carbons (Fsp3) is 0.304. The maximum absolute atomic E-state index is 12.1. The molecular formula is C23H28N4O4. The maximum Gasteiger partial charge on any atom is 0.258 e. The molecule has 0 saturated carbocycles. The summed E-state index contributed by atoms with van der Waals surface area (Å²) in [6.07, 6.45) is 1.17. The first-order valence-electron chi connectivity index (χ1n) is 10.0. The Morgan fingerprint density at radius 3 is 2.23 bits per heavy atom. The van der Waals surface area contributed by atoms with Crippen LogP contribution in [-0.4, -0.2) is 36.6 Å². The first kappa shape index (κ1) is 23.6. The summed E-state index contributed by atoms with van der Waals surface area (Å²) in [7, 11) is 0. The largest absolute Gasteiger partial charge is 0.484 e. The lowest BCUT2D eigenvalue weighted by Crippen LogP contribution is -2.34. The van der Waals surface area contributed by atoms with Gasteiger partial charge >= 0.3 is 0 Å². The van der Waals surface area contributed by atoms with E-state index in [0.29, 0.717) is 5.75 Å². The van der Waals surface area contributed by atoms with Crippen LogP contribution in [0.4, 0.5) is 0 Å². The molecule has 0 saturated heterocycles. The van der Waals surface area contributed by atoms with Crippen molar-refractivity contribution in [1.82, 2.24) is 16.1 Å². The number of benzene rings is 2. The van der Waals surface area contributed by atoms with Gasteiger partial charge in [0.05, 0.1) is 12.3 Å². The SMILES string of the molecule is CC(C)NC(=O)CC(=O)N/N=C/c1ccc(OCC(=O)N[C@H](C)c2ccccc2)cc1. The Labute approximate surface area is 182 Å². The average Bonchev–Trinajstić information content (AvgIpc) is 2.73. The van der Waals surface area contributed by atoms with Gasteiger partial charge in [-0.3, -0.25) is 14.4 Å². The molecule has 0 radical (unpaired) electrons. The lowest BCUT2D eigenvalue weighted by atomic mass is 10.1. The fourth-order valence-electron chi connectivity index (χ4n) is 2.64. The Bertz CT molecular complexity index is 896. The summed E-state index contributed by atoms with van der Waals surface area (Å²) in [5, 5.41) is 9.35. The zero-order valence-electron chi connectivity index (χ0n) is 17.9. The van der Waals surface area contributed by atoms with Crippen molar-refractivity contribution in [3.05, 3.63) is 65.7 Å². The number of carbonyl (C=O) groups excluding carboxylic acids is 3. The van der Waals surface area contributed by atoms with E-state index in [1.54, 1.807) is 24.3 Å². The first-order valence-corrected chi connectivity index (χ1v) is 10.0. The van der Waals surface area contributed by atoms with E-state index < -0.39 is 5.91 Å². The van der Waals surface area contributed by atoms with Crippen LogP contribution in [0.1, 0.15) is 44.4 Å². The van der Waals surface area contributed by atoms with E-state index in [0.717, 1.165) is 11.1 Å². The molecule has 8 heteroatoms. The second-order valence-electron chi connectivity index (χ2n) is 7.25. The predicted octanol–water partition coefficient (Wildman–Crippen LogP) is 2.31. The molecule has 0 aliphatic heterocycles. The molecule has 0 fully saturated rings. The number of hydrazone groups is 1. The van der Waals surface area contributed by atoms with E-state index in [2.05, 4.69) is 21.2 Å². The topological polar surface area (TPSA) is 109 Å². The summed E-state index contributed by atoms with van der Waals surface area (Å²) in [5.41, 5.74) is 4.05. The van der Waals surface area contributed by atoms with Crippen molar-refractivity contribution < 1.29 is 19.1 Å². The lowest BCUT2D eigenvalue weighted by molar-refractivity contribution is -0.129. The van der Waals surface area contributed by atoms with Crippen LogP contribution in [0.5, 0.6) is 5.75 Å². The third-order valence-corrected chi connectivity index (χ3v) is 4.10. The number of rotatable bonds is 10. The minimum Gasteiger partial charge on any atom is -0.484 e. The second kappa shape index (κ2) is 12.1. The highest BCUT2D eigenvalue weighted by Crippen LogP contribution is 2.13. The molecule has 0 aromatic heterocycles. The number of amides is 3. The Kier molecular flexibility index (Phi) is 9.22. The van der Waals surface area contributed by atoms with Crippen molar-refractivity contribution >= 4 is 23.9 Å². The van der Waals surface area contributed by atoms with Gasteiger partial charge in [0.15, 0.2) is 6.61 Å². The Balaban J connectivity index is 1.73. The molecule has 3 N–H and O–H groups in total. The Morgan fingerprint density at radius 2 is 1.58 bits per heavy atom. The molecular weight excluding hydrogens is 396 g/mol. The molecule has 8 nitrogen and oxygen atoms in total. The van der Waals surface area contributed by atoms with Gasteiger partial charge in [0, 0.05) is 6.04 Å². The number of carbonyl (C=O) groups is 3. The maximum atomic E-state index is 12.1. The van der Waals surface area contributed by atoms with Crippen molar-refractivity contribution in [2.75, 3.05) is 6.61 Å². The van der Waals surface area contributed by atoms with Crippen molar-refractivity contribution in [3.63, 3.8) is 0 Å². The third kappa shape index (κ3) is 9.12. The molecule has 2 aromatic carbocycles. The lowest BCUT2D eigenvalue weighted by Gasteiger charge is -2.14. The molecule has 0 aliphatic rings. The van der Waals surface area contributed by atoms with Gasteiger partial charge < -0.3 is 15.4 Å². The molecule has 0 bridgehead atoms. The van der Waals surface area contributed by atoms with E-state index in [1.165, 1.54) is 6.21 Å². The van der Waals surface area contributed by atoms with Gasteiger partial charge in [-0.15, -0.1) is 0 Å². The summed E-state index contributed by atoms with van der Waals surface area (Å²) in [5.74, 6) is -0.531. The van der Waals surface area contributed by atoms with Gasteiger partial charge in [0.1, 0.15) is 12.2 Å². The van der Waals surface area contributed by atoms with Crippen LogP contribution in [0.25, 0.3) is 0 Å². The highest BCUT2D eigenvalue weighted by atomic mass is 16.5. The van der Waals surface area contributed by atoms with E-state index >= 15 is 0 Å². The van der Waals surface area contributed by atoms with E-state index in [1.807, 2.05) is 51.1 Å². The van der Waals surface area contributed by atoms with Crippen LogP contribution in [-0.2, 0) is 14.4 Å². The number of nitrogens with one attached hydrogen (secondary N) is 3. The average molecular weight is 425 g/mol. The van der Waals surface area contributed by atoms with Crippen molar-refractivity contribution in [3.8, 4) is 5.75 Å². The highest BCUT2D eigenvalue weighted by molar-refractivity contribution is 5.97. The molecule has 0 heterocycles. The van der Waals surface area contributed by atoms with Gasteiger partial charge in [-0.2, -0.15) is 5.10 Å². The number of ether oxygens (including phenoxy) is 1. The Morgan fingerprint density at radius 1 is 0.903 bits per heavy atom. The van der Waals surface area contributed by atoms with Crippen LogP contribution in [0.2, 0.25) is 0 Å². The monoisotopic (exact) mass is 424 g/mol. The summed E-state index contributed by atoms with van der Waals surface area (Å²) in [4.78, 5) is 35.2. The van der Waals surface area contributed by atoms with Gasteiger partial charge in [-0.1, -0.05) is 30.3 Å². The van der Waals surface area contributed by atoms with Crippen LogP contribution in [0, 0.1) is 0 Å². The first-order chi connectivity index (χ1) is 14.8. The van der Waals surface area contributed by atoms with Crippen molar-refractivity contribution in [2.24, 2.45) is 5.10 Å². The summed E-state index contributed by atoms with van der Waals surface area (Å²) in [6, 6.07) is 16.4. The molecule has 3 amide bonds. The third-order valence-electron chi connectivity index (χ3n) is 4.10. The van der Waals surface area contributed by atoms with E-state index in [-0.39, 0.29) is 36.9 Å². The molecule has 2 aromatic rings. The van der Waals surface area contributed by atoms with Crippen molar-refractivity contribution in [1.29, 1.82) is 0 Å². The van der Waals surface area contributed by atoms with Gasteiger partial charge in [-0.05, 0) is 56.2 Å². The van der Waals surface area contributed by atoms with Gasteiger partial charge in [0.25, 0.3) is 5.91 Å². The smallest absolute Gasteiger partial charge is 0.258 e. The zero-order chi connectivity index (χ0) is 22.6. The number of hydrogen-bond acceptors (Lipinski definition) is 5. The van der Waals surface area contributed by atoms with Crippen LogP contribution < -0.4 is 20.8 Å². The fourth-order valence-corrected chi connectivity index (χ4v) is 2.64. The van der Waals surface area contributed by atoms with Crippen molar-refractivity contribution in [2.45, 2.75) is 39.3 Å². The van der Waals surface area contributed by atoms with Gasteiger partial charge in [0.2, 0.25) is 11.8 Å². The zero-order valence-corrected chi connectivity index (χ0v) is 17.9. The predicted molar refractivity (Wildman–Crippen MR) is 119 cm³/mol.